The maximum absolute atomic E-state index is 11.0. The molecule has 0 radical (unpaired) electrons. The van der Waals surface area contributed by atoms with E-state index in [4.69, 9.17) is 16.3 Å². The van der Waals surface area contributed by atoms with Crippen molar-refractivity contribution in [2.75, 3.05) is 0 Å². The van der Waals surface area contributed by atoms with Gasteiger partial charge in [0.25, 0.3) is 0 Å². The average Bonchev–Trinajstić information content (AvgIpc) is 2.69. The Bertz CT molecular complexity index is 443. The van der Waals surface area contributed by atoms with Gasteiger partial charge in [0.2, 0.25) is 0 Å². The molecule has 3 heteroatoms. The molecule has 0 spiro atoms. The predicted molar refractivity (Wildman–Crippen MR) is 61.7 cm³/mol. The molecule has 3 rings (SSSR count). The predicted octanol–water partition coefficient (Wildman–Crippen LogP) is 2.81. The van der Waals surface area contributed by atoms with Crippen LogP contribution in [0.25, 0.3) is 0 Å². The third-order valence-electron chi connectivity index (χ3n) is 3.69. The second kappa shape index (κ2) is 3.49. The summed E-state index contributed by atoms with van der Waals surface area (Å²) in [5, 5.41) is 0.0850. The van der Waals surface area contributed by atoms with Crippen molar-refractivity contribution in [3.05, 3.63) is 35.4 Å². The zero-order valence-corrected chi connectivity index (χ0v) is 9.78. The average molecular weight is 237 g/mol. The molecule has 1 saturated carbocycles. The van der Waals surface area contributed by atoms with E-state index in [1.165, 1.54) is 18.1 Å². The first kappa shape index (κ1) is 10.2. The Balaban J connectivity index is 1.97. The second-order valence-electron chi connectivity index (χ2n) is 4.59. The molecule has 2 nitrogen and oxygen atoms in total. The molecule has 0 amide bonds. The molecule has 2 bridgehead atoms. The van der Waals surface area contributed by atoms with Crippen LogP contribution < -0.4 is 0 Å². The van der Waals surface area contributed by atoms with Crippen LogP contribution in [0.1, 0.15) is 36.3 Å². The van der Waals surface area contributed by atoms with E-state index in [0.717, 1.165) is 6.42 Å². The molecule has 1 aromatic rings. The second-order valence-corrected chi connectivity index (χ2v) is 5.09. The molecule has 1 fully saturated rings. The van der Waals surface area contributed by atoms with E-state index < -0.39 is 0 Å². The van der Waals surface area contributed by atoms with Gasteiger partial charge in [-0.15, -0.1) is 11.6 Å². The number of ether oxygens (including phenoxy) is 1. The summed E-state index contributed by atoms with van der Waals surface area (Å²) >= 11 is 6.43. The van der Waals surface area contributed by atoms with Gasteiger partial charge >= 0.3 is 5.97 Å². The van der Waals surface area contributed by atoms with Gasteiger partial charge in [-0.05, 0) is 17.5 Å². The highest BCUT2D eigenvalue weighted by Crippen LogP contribution is 2.56. The molecule has 0 unspecified atom stereocenters. The van der Waals surface area contributed by atoms with Gasteiger partial charge in [-0.25, -0.2) is 0 Å². The zero-order valence-electron chi connectivity index (χ0n) is 9.02. The monoisotopic (exact) mass is 236 g/mol. The van der Waals surface area contributed by atoms with Crippen LogP contribution in [0.5, 0.6) is 0 Å². The minimum atomic E-state index is -0.209. The van der Waals surface area contributed by atoms with Gasteiger partial charge in [0, 0.05) is 18.8 Å². The number of hydrogen-bond acceptors (Lipinski definition) is 2. The number of halogens is 1. The number of alkyl halides is 1. The van der Waals surface area contributed by atoms with E-state index >= 15 is 0 Å². The van der Waals surface area contributed by atoms with Crippen molar-refractivity contribution < 1.29 is 9.53 Å². The summed E-state index contributed by atoms with van der Waals surface area (Å²) in [4.78, 5) is 11.0. The fourth-order valence-electron chi connectivity index (χ4n) is 3.14. The van der Waals surface area contributed by atoms with Gasteiger partial charge in [-0.3, -0.25) is 4.79 Å². The van der Waals surface area contributed by atoms with E-state index in [9.17, 15) is 4.79 Å². The van der Waals surface area contributed by atoms with Gasteiger partial charge < -0.3 is 4.74 Å². The lowest BCUT2D eigenvalue weighted by Gasteiger charge is -2.23. The lowest BCUT2D eigenvalue weighted by molar-refractivity contribution is -0.146. The lowest BCUT2D eigenvalue weighted by atomic mass is 9.90. The van der Waals surface area contributed by atoms with Crippen LogP contribution in [-0.2, 0) is 9.53 Å². The van der Waals surface area contributed by atoms with Crippen molar-refractivity contribution in [3.63, 3.8) is 0 Å². The number of benzene rings is 1. The molecule has 16 heavy (non-hydrogen) atoms. The maximum atomic E-state index is 11.0. The quantitative estimate of drug-likeness (QED) is 0.554. The van der Waals surface area contributed by atoms with E-state index in [1.807, 2.05) is 12.1 Å². The fourth-order valence-corrected chi connectivity index (χ4v) is 3.68. The Morgan fingerprint density at radius 3 is 2.75 bits per heavy atom. The molecule has 0 heterocycles. The Hall–Kier alpha value is -1.02. The van der Waals surface area contributed by atoms with Crippen molar-refractivity contribution in [2.45, 2.75) is 36.7 Å². The molecule has 4 atom stereocenters. The van der Waals surface area contributed by atoms with Gasteiger partial charge in [-0.2, -0.15) is 0 Å². The molecule has 2 aliphatic carbocycles. The number of rotatable bonds is 1. The highest BCUT2D eigenvalue weighted by Gasteiger charge is 2.52. The minimum absolute atomic E-state index is 0.0279. The van der Waals surface area contributed by atoms with Crippen LogP contribution in [0.15, 0.2) is 24.3 Å². The van der Waals surface area contributed by atoms with Crippen molar-refractivity contribution in [1.29, 1.82) is 0 Å². The van der Waals surface area contributed by atoms with Crippen LogP contribution in [0.2, 0.25) is 0 Å². The van der Waals surface area contributed by atoms with E-state index in [1.54, 1.807) is 0 Å². The molecule has 0 saturated heterocycles. The molecular weight excluding hydrogens is 224 g/mol. The van der Waals surface area contributed by atoms with Crippen molar-refractivity contribution in [3.8, 4) is 0 Å². The van der Waals surface area contributed by atoms with Gasteiger partial charge in [-0.1, -0.05) is 24.3 Å². The number of carbonyl (C=O) groups is 1. The van der Waals surface area contributed by atoms with Crippen LogP contribution in [-0.4, -0.2) is 17.5 Å². The van der Waals surface area contributed by atoms with Gasteiger partial charge in [0.15, 0.2) is 0 Å². The summed E-state index contributed by atoms with van der Waals surface area (Å²) in [6, 6.07) is 8.31. The van der Waals surface area contributed by atoms with Crippen LogP contribution >= 0.6 is 11.6 Å². The maximum Gasteiger partial charge on any atom is 0.302 e. The van der Waals surface area contributed by atoms with Crippen LogP contribution in [0.3, 0.4) is 0 Å². The Labute approximate surface area is 99.6 Å². The summed E-state index contributed by atoms with van der Waals surface area (Å²) < 4.78 is 5.35. The van der Waals surface area contributed by atoms with Gasteiger partial charge in [0.05, 0.1) is 5.38 Å². The number of fused-ring (bicyclic) bond motifs is 5. The minimum Gasteiger partial charge on any atom is -0.462 e. The number of hydrogen-bond donors (Lipinski definition) is 0. The standard InChI is InChI=1S/C13H13ClO2/c1-7(15)16-11-6-10-8-4-2-3-5-9(8)12(11)13(10)14/h2-5,10-13H,6H2,1H3/t10-,11-,12+,13-/m1/s1. The number of esters is 1. The zero-order chi connectivity index (χ0) is 11.3. The fraction of sp³-hybridized carbons (Fsp3) is 0.462. The summed E-state index contributed by atoms with van der Waals surface area (Å²) in [5.41, 5.74) is 2.61. The first-order valence-electron chi connectivity index (χ1n) is 5.58. The Morgan fingerprint density at radius 1 is 1.38 bits per heavy atom. The topological polar surface area (TPSA) is 26.3 Å². The molecule has 0 aliphatic heterocycles. The third kappa shape index (κ3) is 1.29. The van der Waals surface area contributed by atoms with Crippen molar-refractivity contribution >= 4 is 17.6 Å². The van der Waals surface area contributed by atoms with Crippen LogP contribution in [0.4, 0.5) is 0 Å². The van der Waals surface area contributed by atoms with E-state index in [-0.39, 0.29) is 23.4 Å². The molecule has 0 N–H and O–H groups in total. The summed E-state index contributed by atoms with van der Waals surface area (Å²) in [6.45, 7) is 1.46. The SMILES string of the molecule is CC(=O)O[C@@H]1C[C@@H]2c3ccccc3[C@@H]1[C@@H]2Cl. The number of carbonyl (C=O) groups excluding carboxylic acids is 1. The van der Waals surface area contributed by atoms with E-state index in [0.29, 0.717) is 5.92 Å². The molecular formula is C13H13ClO2. The van der Waals surface area contributed by atoms with Gasteiger partial charge in [0.1, 0.15) is 6.10 Å². The smallest absolute Gasteiger partial charge is 0.302 e. The molecule has 1 aromatic carbocycles. The Morgan fingerprint density at radius 2 is 2.06 bits per heavy atom. The normalized spacial score (nSPS) is 34.9. The molecule has 84 valence electrons. The van der Waals surface area contributed by atoms with Crippen molar-refractivity contribution in [2.24, 2.45) is 0 Å². The Kier molecular flexibility index (Phi) is 2.21. The molecule has 2 aliphatic rings. The van der Waals surface area contributed by atoms with E-state index in [2.05, 4.69) is 12.1 Å². The highest BCUT2D eigenvalue weighted by molar-refractivity contribution is 6.22. The third-order valence-corrected chi connectivity index (χ3v) is 4.26. The summed E-state index contributed by atoms with van der Waals surface area (Å²) in [5.74, 6) is 0.331. The largest absolute Gasteiger partial charge is 0.462 e. The molecule has 0 aromatic heterocycles. The first-order valence-corrected chi connectivity index (χ1v) is 6.02. The van der Waals surface area contributed by atoms with Crippen molar-refractivity contribution in [1.82, 2.24) is 0 Å². The lowest BCUT2D eigenvalue weighted by Crippen LogP contribution is -2.23. The first-order chi connectivity index (χ1) is 7.68. The summed E-state index contributed by atoms with van der Waals surface area (Å²) in [6.07, 6.45) is 0.843. The van der Waals surface area contributed by atoms with Crippen LogP contribution in [0, 0.1) is 0 Å². The highest BCUT2D eigenvalue weighted by atomic mass is 35.5. The summed E-state index contributed by atoms with van der Waals surface area (Å²) in [7, 11) is 0.